The van der Waals surface area contributed by atoms with Gasteiger partial charge in [0.2, 0.25) is 0 Å². The molecule has 4 aromatic carbocycles. The Balaban J connectivity index is 1.26. The summed E-state index contributed by atoms with van der Waals surface area (Å²) in [5, 5.41) is 38.2. The summed E-state index contributed by atoms with van der Waals surface area (Å²) >= 11 is 7.60. The average molecular weight is 624 g/mol. The predicted molar refractivity (Wildman–Crippen MR) is 173 cm³/mol. The minimum absolute atomic E-state index is 0.179. The Morgan fingerprint density at radius 3 is 1.52 bits per heavy atom. The highest BCUT2D eigenvalue weighted by Crippen LogP contribution is 2.38. The van der Waals surface area contributed by atoms with E-state index in [-0.39, 0.29) is 30.0 Å². The van der Waals surface area contributed by atoms with Crippen LogP contribution in [0.15, 0.2) is 90.1 Å². The van der Waals surface area contributed by atoms with Gasteiger partial charge >= 0.3 is 0 Å². The van der Waals surface area contributed by atoms with Crippen molar-refractivity contribution in [1.29, 1.82) is 0 Å². The Morgan fingerprint density at radius 1 is 0.659 bits per heavy atom. The number of rotatable bonds is 4. The molecule has 44 heavy (non-hydrogen) atoms. The van der Waals surface area contributed by atoms with Crippen molar-refractivity contribution in [2.45, 2.75) is 38.2 Å². The van der Waals surface area contributed by atoms with Gasteiger partial charge in [-0.3, -0.25) is 0 Å². The van der Waals surface area contributed by atoms with Gasteiger partial charge in [-0.2, -0.15) is 0 Å². The molecule has 0 amide bonds. The number of oxime groups is 1. The Labute approximate surface area is 264 Å². The number of ether oxygens (including phenoxy) is 1. The van der Waals surface area contributed by atoms with E-state index in [1.54, 1.807) is 0 Å². The number of aromatic hydroxyl groups is 3. The quantitative estimate of drug-likeness (QED) is 0.187. The topological polar surface area (TPSA) is 91.5 Å². The summed E-state index contributed by atoms with van der Waals surface area (Å²) in [6, 6.07) is 26.9. The molecule has 8 heteroatoms. The lowest BCUT2D eigenvalue weighted by Crippen LogP contribution is -2.19. The monoisotopic (exact) mass is 623 g/mol. The first kappa shape index (κ1) is 28.3. The summed E-state index contributed by atoms with van der Waals surface area (Å²) in [6.45, 7) is 0.280. The van der Waals surface area contributed by atoms with Crippen LogP contribution in [0.3, 0.4) is 0 Å². The van der Waals surface area contributed by atoms with Crippen LogP contribution in [0.25, 0.3) is 0 Å². The molecule has 0 spiro atoms. The molecule has 222 valence electrons. The summed E-state index contributed by atoms with van der Waals surface area (Å²) < 4.78 is 7.25. The van der Waals surface area contributed by atoms with Crippen molar-refractivity contribution in [3.63, 3.8) is 0 Å². The number of phenols is 3. The van der Waals surface area contributed by atoms with E-state index in [9.17, 15) is 15.3 Å². The lowest BCUT2D eigenvalue weighted by atomic mass is 9.91. The fraction of sp³-hybridized carbons (Fsp3) is 0.194. The molecule has 3 N–H and O–H groups in total. The molecule has 1 aliphatic carbocycles. The molecule has 0 saturated carbocycles. The third-order valence-corrected chi connectivity index (χ3v) is 9.60. The number of para-hydroxylation sites is 4. The maximum atomic E-state index is 11.4. The van der Waals surface area contributed by atoms with E-state index in [0.717, 1.165) is 44.0 Å². The number of thiophene rings is 1. The summed E-state index contributed by atoms with van der Waals surface area (Å²) in [5.41, 5.74) is 7.07. The summed E-state index contributed by atoms with van der Waals surface area (Å²) in [4.78, 5) is 6.72. The van der Waals surface area contributed by atoms with E-state index in [1.165, 1.54) is 11.3 Å². The Kier molecular flexibility index (Phi) is 7.66. The van der Waals surface area contributed by atoms with Crippen molar-refractivity contribution < 1.29 is 24.9 Å². The molecule has 2 aliphatic rings. The Bertz CT molecular complexity index is 1800. The fourth-order valence-electron chi connectivity index (χ4n) is 6.02. The predicted octanol–water partition coefficient (Wildman–Crippen LogP) is 7.77. The van der Waals surface area contributed by atoms with Gasteiger partial charge in [0.1, 0.15) is 35.3 Å². The highest BCUT2D eigenvalue weighted by molar-refractivity contribution is 7.18. The van der Waals surface area contributed by atoms with Crippen LogP contribution in [-0.4, -0.2) is 33.7 Å². The largest absolute Gasteiger partial charge is 0.507 e. The first-order valence-corrected chi connectivity index (χ1v) is 15.7. The van der Waals surface area contributed by atoms with E-state index in [4.69, 9.17) is 21.2 Å². The van der Waals surface area contributed by atoms with Crippen LogP contribution < -0.4 is 4.74 Å². The number of phenolic OH excluding ortho intramolecular Hbond substituents is 3. The van der Waals surface area contributed by atoms with Crippen molar-refractivity contribution >= 4 is 28.6 Å². The van der Waals surface area contributed by atoms with Crippen molar-refractivity contribution in [1.82, 2.24) is 0 Å². The van der Waals surface area contributed by atoms with Crippen LogP contribution in [-0.2, 0) is 30.5 Å². The minimum atomic E-state index is -0.264. The third-order valence-electron chi connectivity index (χ3n) is 8.32. The van der Waals surface area contributed by atoms with E-state index in [0.29, 0.717) is 53.3 Å². The second-order valence-electron chi connectivity index (χ2n) is 11.3. The van der Waals surface area contributed by atoms with Gasteiger partial charge < -0.3 is 24.9 Å². The van der Waals surface area contributed by atoms with Crippen LogP contribution in [0.4, 0.5) is 0 Å². The van der Waals surface area contributed by atoms with E-state index in [2.05, 4.69) is 5.16 Å². The lowest BCUT2D eigenvalue weighted by Gasteiger charge is -2.20. The first-order valence-electron chi connectivity index (χ1n) is 14.5. The zero-order valence-corrected chi connectivity index (χ0v) is 25.4. The molecule has 1 atom stereocenters. The van der Waals surface area contributed by atoms with Crippen LogP contribution >= 0.6 is 22.9 Å². The van der Waals surface area contributed by atoms with Gasteiger partial charge in [-0.1, -0.05) is 89.6 Å². The molecule has 8 bridgehead atoms. The summed E-state index contributed by atoms with van der Waals surface area (Å²) in [6.07, 6.45) is 1.94. The van der Waals surface area contributed by atoms with Crippen molar-refractivity contribution in [3.8, 4) is 23.0 Å². The standard InChI is InChI=1S/C36H30ClNO5S/c37-32-14-13-31(44-32)30-19-29(43-38-30)20-42-36-27-11-4-12-28(36)18-26-10-3-8-24(35(26)41)16-22-6-1-5-21(33(22)39)15-23-7-2-9-25(17-27)34(23)40/h1-14,29,39-41H,15-20H2. The Morgan fingerprint density at radius 2 is 1.09 bits per heavy atom. The smallest absolute Gasteiger partial charge is 0.167 e. The van der Waals surface area contributed by atoms with Crippen LogP contribution in [0.1, 0.15) is 55.8 Å². The van der Waals surface area contributed by atoms with Gasteiger partial charge in [0.25, 0.3) is 0 Å². The third kappa shape index (κ3) is 5.61. The zero-order valence-electron chi connectivity index (χ0n) is 23.8. The normalized spacial score (nSPS) is 15.8. The number of fused-ring (bicyclic) bond motifs is 8. The van der Waals surface area contributed by atoms with Gasteiger partial charge in [0.15, 0.2) is 6.10 Å². The molecule has 5 aromatic rings. The van der Waals surface area contributed by atoms with Crippen LogP contribution in [0, 0.1) is 0 Å². The highest BCUT2D eigenvalue weighted by atomic mass is 35.5. The average Bonchev–Trinajstić information content (AvgIpc) is 3.67. The fourth-order valence-corrected chi connectivity index (χ4v) is 7.05. The molecule has 0 radical (unpaired) electrons. The number of hydrogen-bond acceptors (Lipinski definition) is 7. The number of halogens is 1. The van der Waals surface area contributed by atoms with E-state index >= 15 is 0 Å². The van der Waals surface area contributed by atoms with E-state index in [1.807, 2.05) is 84.9 Å². The van der Waals surface area contributed by atoms with Crippen molar-refractivity contribution in [2.24, 2.45) is 5.16 Å². The van der Waals surface area contributed by atoms with Crippen molar-refractivity contribution in [3.05, 3.63) is 139 Å². The molecule has 6 nitrogen and oxygen atoms in total. The summed E-state index contributed by atoms with van der Waals surface area (Å²) in [7, 11) is 0. The second kappa shape index (κ2) is 11.9. The number of nitrogens with zero attached hydrogens (tertiary/aromatic N) is 1. The molecule has 0 saturated heterocycles. The molecule has 7 rings (SSSR count). The number of benzene rings is 4. The van der Waals surface area contributed by atoms with Gasteiger partial charge in [-0.05, 0) is 56.6 Å². The molecule has 1 aromatic heterocycles. The van der Waals surface area contributed by atoms with Gasteiger partial charge in [-0.15, -0.1) is 11.3 Å². The molecular formula is C36H30ClNO5S. The first-order chi connectivity index (χ1) is 21.4. The van der Waals surface area contributed by atoms with E-state index < -0.39 is 0 Å². The maximum absolute atomic E-state index is 11.4. The van der Waals surface area contributed by atoms with Crippen LogP contribution in [0.2, 0.25) is 4.34 Å². The summed E-state index contributed by atoms with van der Waals surface area (Å²) in [5.74, 6) is 1.29. The zero-order chi connectivity index (χ0) is 30.2. The van der Waals surface area contributed by atoms with Crippen molar-refractivity contribution in [2.75, 3.05) is 6.61 Å². The second-order valence-corrected chi connectivity index (χ2v) is 13.0. The Hall–Kier alpha value is -4.46. The SMILES string of the molecule is Oc1c2cccc1Cc1cccc(c1O)Cc1cccc(c1OCC1CC(c3ccc(Cl)s3)=NO1)Cc1cccc(c1O)C2. The van der Waals surface area contributed by atoms with Gasteiger partial charge in [-0.25, -0.2) is 0 Å². The van der Waals surface area contributed by atoms with Gasteiger partial charge in [0.05, 0.1) is 9.21 Å². The van der Waals surface area contributed by atoms with Crippen LogP contribution in [0.5, 0.6) is 23.0 Å². The molecule has 1 aliphatic heterocycles. The van der Waals surface area contributed by atoms with Gasteiger partial charge in [0, 0.05) is 32.1 Å². The maximum Gasteiger partial charge on any atom is 0.167 e. The minimum Gasteiger partial charge on any atom is -0.507 e. The molecule has 2 heterocycles. The molecule has 1 unspecified atom stereocenters. The molecule has 0 fully saturated rings. The highest BCUT2D eigenvalue weighted by Gasteiger charge is 2.26. The number of hydrogen-bond donors (Lipinski definition) is 3. The molecular weight excluding hydrogens is 594 g/mol. The lowest BCUT2D eigenvalue weighted by molar-refractivity contribution is 0.0466.